The van der Waals surface area contributed by atoms with E-state index in [1.807, 2.05) is 36.4 Å². The maximum absolute atomic E-state index is 12.5. The normalized spacial score (nSPS) is 12.0. The van der Waals surface area contributed by atoms with Gasteiger partial charge in [-0.15, -0.1) is 0 Å². The molecular weight excluding hydrogens is 304 g/mol. The first kappa shape index (κ1) is 16.7. The number of hydrogen-bond donors (Lipinski definition) is 0. The first-order valence-corrected chi connectivity index (χ1v) is 13.8. The van der Waals surface area contributed by atoms with E-state index >= 15 is 0 Å². The van der Waals surface area contributed by atoms with E-state index in [9.17, 15) is 4.79 Å². The largest absolute Gasteiger partial charge is 0.515 e. The standard InChI is InChI=1S/C18H24O2Si2/c1-21(2,16-11-7-5-8-12-16)15-18(19)20-22(3,4)17-13-9-6-10-14-17/h5-14H,15H2,1-4H3. The lowest BCUT2D eigenvalue weighted by Crippen LogP contribution is -2.49. The van der Waals surface area contributed by atoms with Gasteiger partial charge in [0.1, 0.15) is 0 Å². The minimum atomic E-state index is -2.17. The van der Waals surface area contributed by atoms with Crippen LogP contribution in [0.15, 0.2) is 60.7 Å². The SMILES string of the molecule is C[Si](C)(CC(=O)O[Si](C)(C)c1ccccc1)c1ccccc1. The summed E-state index contributed by atoms with van der Waals surface area (Å²) in [6, 6.07) is 21.0. The maximum atomic E-state index is 12.5. The Bertz CT molecular complexity index is 567. The monoisotopic (exact) mass is 328 g/mol. The van der Waals surface area contributed by atoms with Crippen molar-refractivity contribution >= 4 is 32.7 Å². The van der Waals surface area contributed by atoms with Crippen LogP contribution in [-0.4, -0.2) is 22.4 Å². The molecule has 0 radical (unpaired) electrons. The Morgan fingerprint density at radius 1 is 0.818 bits per heavy atom. The highest BCUT2D eigenvalue weighted by Gasteiger charge is 2.33. The highest BCUT2D eigenvalue weighted by atomic mass is 28.4. The summed E-state index contributed by atoms with van der Waals surface area (Å²) >= 11 is 0. The minimum absolute atomic E-state index is 0.0546. The molecule has 4 heteroatoms. The van der Waals surface area contributed by atoms with Crippen LogP contribution in [-0.2, 0) is 9.22 Å². The smallest absolute Gasteiger partial charge is 0.290 e. The minimum Gasteiger partial charge on any atom is -0.515 e. The molecular formula is C18H24O2Si2. The van der Waals surface area contributed by atoms with Crippen molar-refractivity contribution in [2.75, 3.05) is 0 Å². The zero-order valence-electron chi connectivity index (χ0n) is 13.8. The van der Waals surface area contributed by atoms with Gasteiger partial charge in [-0.1, -0.05) is 78.9 Å². The predicted octanol–water partition coefficient (Wildman–Crippen LogP) is 3.26. The second-order valence-corrected chi connectivity index (χ2v) is 15.3. The Morgan fingerprint density at radius 2 is 1.27 bits per heavy atom. The average molecular weight is 329 g/mol. The molecule has 0 aliphatic carbocycles. The van der Waals surface area contributed by atoms with Gasteiger partial charge >= 0.3 is 0 Å². The maximum Gasteiger partial charge on any atom is 0.290 e. The molecule has 0 N–H and O–H groups in total. The van der Waals surface area contributed by atoms with Crippen molar-refractivity contribution in [3.05, 3.63) is 60.7 Å². The third-order valence-electron chi connectivity index (χ3n) is 3.98. The van der Waals surface area contributed by atoms with Gasteiger partial charge in [-0.25, -0.2) is 0 Å². The quantitative estimate of drug-likeness (QED) is 0.788. The molecule has 22 heavy (non-hydrogen) atoms. The van der Waals surface area contributed by atoms with Crippen LogP contribution >= 0.6 is 0 Å². The molecule has 0 heterocycles. The molecule has 0 unspecified atom stereocenters. The van der Waals surface area contributed by atoms with E-state index in [2.05, 4.69) is 50.5 Å². The molecule has 0 saturated carbocycles. The average Bonchev–Trinajstić information content (AvgIpc) is 2.48. The van der Waals surface area contributed by atoms with Gasteiger partial charge in [-0.2, -0.15) is 0 Å². The van der Waals surface area contributed by atoms with Gasteiger partial charge in [-0.3, -0.25) is 4.79 Å². The molecule has 0 fully saturated rings. The van der Waals surface area contributed by atoms with E-state index in [1.54, 1.807) is 0 Å². The lowest BCUT2D eigenvalue weighted by Gasteiger charge is -2.27. The molecule has 2 aromatic carbocycles. The van der Waals surface area contributed by atoms with Crippen LogP contribution in [0.3, 0.4) is 0 Å². The highest BCUT2D eigenvalue weighted by Crippen LogP contribution is 2.14. The third-order valence-corrected chi connectivity index (χ3v) is 9.51. The van der Waals surface area contributed by atoms with Gasteiger partial charge < -0.3 is 4.43 Å². The fourth-order valence-electron chi connectivity index (χ4n) is 2.57. The van der Waals surface area contributed by atoms with Crippen LogP contribution in [0.1, 0.15) is 0 Å². The van der Waals surface area contributed by atoms with Gasteiger partial charge in [0, 0.05) is 6.04 Å². The van der Waals surface area contributed by atoms with E-state index in [4.69, 9.17) is 4.43 Å². The molecule has 0 spiro atoms. The molecule has 116 valence electrons. The molecule has 0 aliphatic rings. The number of carbonyl (C=O) groups excluding carboxylic acids is 1. The molecule has 2 rings (SSSR count). The molecule has 0 bridgehead atoms. The number of hydrogen-bond acceptors (Lipinski definition) is 2. The second-order valence-electron chi connectivity index (χ2n) is 6.78. The van der Waals surface area contributed by atoms with Crippen LogP contribution in [0.4, 0.5) is 0 Å². The summed E-state index contributed by atoms with van der Waals surface area (Å²) in [6.45, 7) is 8.61. The molecule has 2 nitrogen and oxygen atoms in total. The van der Waals surface area contributed by atoms with Crippen molar-refractivity contribution < 1.29 is 9.22 Å². The molecule has 0 aromatic heterocycles. The van der Waals surface area contributed by atoms with Crippen LogP contribution in [0.5, 0.6) is 0 Å². The van der Waals surface area contributed by atoms with E-state index in [1.165, 1.54) is 5.19 Å². The molecule has 0 atom stereocenters. The Labute approximate surface area is 135 Å². The van der Waals surface area contributed by atoms with Crippen LogP contribution in [0.2, 0.25) is 32.2 Å². The Morgan fingerprint density at radius 3 is 1.77 bits per heavy atom. The molecule has 0 saturated heterocycles. The fraction of sp³-hybridized carbons (Fsp3) is 0.278. The van der Waals surface area contributed by atoms with Gasteiger partial charge in [0.15, 0.2) is 0 Å². The van der Waals surface area contributed by atoms with E-state index < -0.39 is 16.4 Å². The summed E-state index contributed by atoms with van der Waals surface area (Å²) < 4.78 is 5.92. The second kappa shape index (κ2) is 6.63. The number of benzene rings is 2. The third kappa shape index (κ3) is 4.18. The lowest BCUT2D eigenvalue weighted by molar-refractivity contribution is -0.132. The summed E-state index contributed by atoms with van der Waals surface area (Å²) in [5.41, 5.74) is 0. The van der Waals surface area contributed by atoms with Crippen molar-refractivity contribution in [2.24, 2.45) is 0 Å². The van der Waals surface area contributed by atoms with Gasteiger partial charge in [0.25, 0.3) is 14.3 Å². The van der Waals surface area contributed by atoms with Gasteiger partial charge in [0.05, 0.1) is 8.07 Å². The Balaban J connectivity index is 2.07. The molecule has 0 aliphatic heterocycles. The topological polar surface area (TPSA) is 26.3 Å². The number of carbonyl (C=O) groups is 1. The Kier molecular flexibility index (Phi) is 5.03. The van der Waals surface area contributed by atoms with Crippen LogP contribution in [0.25, 0.3) is 0 Å². The van der Waals surface area contributed by atoms with Crippen molar-refractivity contribution in [1.29, 1.82) is 0 Å². The fourth-order valence-corrected chi connectivity index (χ4v) is 6.56. The first-order valence-electron chi connectivity index (χ1n) is 7.64. The van der Waals surface area contributed by atoms with Crippen molar-refractivity contribution in [3.63, 3.8) is 0 Å². The lowest BCUT2D eigenvalue weighted by atomic mass is 10.4. The summed E-state index contributed by atoms with van der Waals surface area (Å²) in [5.74, 6) is -0.0546. The van der Waals surface area contributed by atoms with E-state index in [0.29, 0.717) is 6.04 Å². The van der Waals surface area contributed by atoms with Crippen molar-refractivity contribution in [2.45, 2.75) is 32.2 Å². The zero-order chi connectivity index (χ0) is 16.2. The molecule has 0 amide bonds. The highest BCUT2D eigenvalue weighted by molar-refractivity contribution is 6.92. The first-order chi connectivity index (χ1) is 10.3. The summed E-state index contributed by atoms with van der Waals surface area (Å²) in [5, 5.41) is 2.45. The van der Waals surface area contributed by atoms with E-state index in [-0.39, 0.29) is 5.97 Å². The van der Waals surface area contributed by atoms with Gasteiger partial charge in [0.2, 0.25) is 0 Å². The summed E-state index contributed by atoms with van der Waals surface area (Å²) in [4.78, 5) is 12.5. The van der Waals surface area contributed by atoms with Crippen molar-refractivity contribution in [3.8, 4) is 0 Å². The molecule has 2 aromatic rings. The van der Waals surface area contributed by atoms with Crippen LogP contribution < -0.4 is 10.4 Å². The van der Waals surface area contributed by atoms with Gasteiger partial charge in [-0.05, 0) is 18.3 Å². The number of rotatable bonds is 5. The van der Waals surface area contributed by atoms with Crippen molar-refractivity contribution in [1.82, 2.24) is 0 Å². The summed E-state index contributed by atoms with van der Waals surface area (Å²) in [7, 11) is -3.97. The zero-order valence-corrected chi connectivity index (χ0v) is 15.8. The van der Waals surface area contributed by atoms with E-state index in [0.717, 1.165) is 5.19 Å². The predicted molar refractivity (Wildman–Crippen MR) is 98.0 cm³/mol. The Hall–Kier alpha value is -1.66. The summed E-state index contributed by atoms with van der Waals surface area (Å²) in [6.07, 6.45) is 0. The van der Waals surface area contributed by atoms with Crippen LogP contribution in [0, 0.1) is 0 Å².